The Bertz CT molecular complexity index is 572. The molecule has 0 radical (unpaired) electrons. The molecular weight excluding hydrogens is 328 g/mol. The summed E-state index contributed by atoms with van der Waals surface area (Å²) in [5.41, 5.74) is 1.46. The van der Waals surface area contributed by atoms with Crippen molar-refractivity contribution in [2.45, 2.75) is 46.1 Å². The molecule has 2 amide bonds. The fourth-order valence-electron chi connectivity index (χ4n) is 4.46. The minimum atomic E-state index is 0.0412. The second kappa shape index (κ2) is 5.01. The van der Waals surface area contributed by atoms with Gasteiger partial charge in [0.15, 0.2) is 0 Å². The number of nitrogens with one attached hydrogen (secondary N) is 1. The van der Waals surface area contributed by atoms with E-state index in [2.05, 4.69) is 46.9 Å². The number of carbonyl (C=O) groups excluding carboxylic acids is 1. The van der Waals surface area contributed by atoms with Crippen molar-refractivity contribution in [3.05, 3.63) is 28.7 Å². The van der Waals surface area contributed by atoms with E-state index in [4.69, 9.17) is 0 Å². The molecule has 1 heterocycles. The van der Waals surface area contributed by atoms with Crippen molar-refractivity contribution >= 4 is 27.6 Å². The quantitative estimate of drug-likeness (QED) is 0.768. The molecule has 1 saturated heterocycles. The molecule has 1 aliphatic heterocycles. The monoisotopic (exact) mass is 350 g/mol. The maximum atomic E-state index is 12.6. The molecule has 2 aliphatic rings. The zero-order valence-electron chi connectivity index (χ0n) is 12.9. The van der Waals surface area contributed by atoms with Crippen molar-refractivity contribution < 1.29 is 4.79 Å². The van der Waals surface area contributed by atoms with Crippen LogP contribution in [0.15, 0.2) is 28.7 Å². The van der Waals surface area contributed by atoms with E-state index >= 15 is 0 Å². The zero-order valence-corrected chi connectivity index (χ0v) is 14.5. The van der Waals surface area contributed by atoms with Crippen LogP contribution in [-0.2, 0) is 0 Å². The van der Waals surface area contributed by atoms with Gasteiger partial charge in [-0.05, 0) is 48.3 Å². The van der Waals surface area contributed by atoms with Gasteiger partial charge in [-0.1, -0.05) is 42.8 Å². The molecule has 1 aliphatic carbocycles. The largest absolute Gasteiger partial charge is 0.322 e. The standard InChI is InChI=1S/C17H23BrN2O/c1-16(2)8-14-9-17(3,10-16)11-20(14)15(21)19-13-6-4-5-12(18)7-13/h4-7,14H,8-11H2,1-3H3,(H,19,21). The highest BCUT2D eigenvalue weighted by Gasteiger charge is 2.50. The minimum Gasteiger partial charge on any atom is -0.321 e. The van der Waals surface area contributed by atoms with Crippen molar-refractivity contribution in [3.8, 4) is 0 Å². The van der Waals surface area contributed by atoms with Gasteiger partial charge in [-0.2, -0.15) is 0 Å². The predicted octanol–water partition coefficient (Wildman–Crippen LogP) is 4.88. The number of halogens is 1. The molecule has 21 heavy (non-hydrogen) atoms. The number of rotatable bonds is 1. The number of amides is 2. The van der Waals surface area contributed by atoms with Crippen molar-refractivity contribution in [1.82, 2.24) is 4.90 Å². The van der Waals surface area contributed by atoms with Gasteiger partial charge < -0.3 is 10.2 Å². The molecule has 2 atom stereocenters. The van der Waals surface area contributed by atoms with Gasteiger partial charge in [-0.25, -0.2) is 4.79 Å². The molecule has 1 saturated carbocycles. The van der Waals surface area contributed by atoms with Gasteiger partial charge >= 0.3 is 6.03 Å². The van der Waals surface area contributed by atoms with E-state index in [1.807, 2.05) is 24.3 Å². The topological polar surface area (TPSA) is 32.3 Å². The molecular formula is C17H23BrN2O. The first-order valence-electron chi connectivity index (χ1n) is 7.60. The maximum absolute atomic E-state index is 12.6. The Morgan fingerprint density at radius 3 is 2.81 bits per heavy atom. The molecule has 3 nitrogen and oxygen atoms in total. The van der Waals surface area contributed by atoms with Crippen molar-refractivity contribution in [2.24, 2.45) is 10.8 Å². The summed E-state index contributed by atoms with van der Waals surface area (Å²) in [4.78, 5) is 14.7. The van der Waals surface area contributed by atoms with Gasteiger partial charge in [0.05, 0.1) is 0 Å². The third kappa shape index (κ3) is 3.10. The van der Waals surface area contributed by atoms with E-state index in [0.29, 0.717) is 11.5 Å². The summed E-state index contributed by atoms with van der Waals surface area (Å²) in [6, 6.07) is 8.18. The van der Waals surface area contributed by atoms with Crippen LogP contribution in [0.2, 0.25) is 0 Å². The second-order valence-corrected chi connectivity index (χ2v) is 8.70. The van der Waals surface area contributed by atoms with Crippen LogP contribution in [0.25, 0.3) is 0 Å². The fraction of sp³-hybridized carbons (Fsp3) is 0.588. The Kier molecular flexibility index (Phi) is 3.55. The third-order valence-electron chi connectivity index (χ3n) is 4.75. The van der Waals surface area contributed by atoms with Crippen LogP contribution in [0.3, 0.4) is 0 Å². The van der Waals surface area contributed by atoms with Crippen LogP contribution in [0, 0.1) is 10.8 Å². The zero-order chi connectivity index (χ0) is 15.3. The first-order chi connectivity index (χ1) is 9.76. The van der Waals surface area contributed by atoms with Crippen LogP contribution in [0.5, 0.6) is 0 Å². The summed E-state index contributed by atoms with van der Waals surface area (Å²) in [5, 5.41) is 3.04. The highest BCUT2D eigenvalue weighted by Crippen LogP contribution is 2.52. The molecule has 1 N–H and O–H groups in total. The number of anilines is 1. The van der Waals surface area contributed by atoms with E-state index in [-0.39, 0.29) is 11.4 Å². The lowest BCUT2D eigenvalue weighted by Crippen LogP contribution is -2.40. The van der Waals surface area contributed by atoms with Gasteiger partial charge in [-0.15, -0.1) is 0 Å². The van der Waals surface area contributed by atoms with Gasteiger partial charge in [0, 0.05) is 22.7 Å². The van der Waals surface area contributed by atoms with Gasteiger partial charge in [0.1, 0.15) is 0 Å². The molecule has 1 aromatic carbocycles. The molecule has 3 rings (SSSR count). The Hall–Kier alpha value is -1.03. The first kappa shape index (κ1) is 14.9. The molecule has 0 spiro atoms. The molecule has 4 heteroatoms. The number of likely N-dealkylation sites (tertiary alicyclic amines) is 1. The average molecular weight is 351 g/mol. The average Bonchev–Trinajstić information content (AvgIpc) is 2.58. The maximum Gasteiger partial charge on any atom is 0.322 e. The molecule has 1 aromatic rings. The highest BCUT2D eigenvalue weighted by molar-refractivity contribution is 9.10. The summed E-state index contributed by atoms with van der Waals surface area (Å²) in [5.74, 6) is 0. The summed E-state index contributed by atoms with van der Waals surface area (Å²) in [6.45, 7) is 7.86. The molecule has 114 valence electrons. The first-order valence-corrected chi connectivity index (χ1v) is 8.39. The van der Waals surface area contributed by atoms with Gasteiger partial charge in [0.2, 0.25) is 0 Å². The van der Waals surface area contributed by atoms with Crippen LogP contribution < -0.4 is 5.32 Å². The molecule has 0 aromatic heterocycles. The Morgan fingerprint density at radius 2 is 2.10 bits per heavy atom. The Balaban J connectivity index is 1.74. The lowest BCUT2D eigenvalue weighted by Gasteiger charge is -2.39. The van der Waals surface area contributed by atoms with Crippen molar-refractivity contribution in [2.75, 3.05) is 11.9 Å². The number of fused-ring (bicyclic) bond motifs is 2. The van der Waals surface area contributed by atoms with Crippen LogP contribution >= 0.6 is 15.9 Å². The smallest absolute Gasteiger partial charge is 0.321 e. The van der Waals surface area contributed by atoms with Crippen LogP contribution in [-0.4, -0.2) is 23.5 Å². The number of hydrogen-bond donors (Lipinski definition) is 1. The third-order valence-corrected chi connectivity index (χ3v) is 5.24. The fourth-order valence-corrected chi connectivity index (χ4v) is 4.86. The van der Waals surface area contributed by atoms with Crippen molar-refractivity contribution in [3.63, 3.8) is 0 Å². The lowest BCUT2D eigenvalue weighted by atomic mass is 9.65. The molecule has 2 bridgehead atoms. The van der Waals surface area contributed by atoms with Crippen LogP contribution in [0.4, 0.5) is 10.5 Å². The molecule has 2 fully saturated rings. The summed E-state index contributed by atoms with van der Waals surface area (Å²) >= 11 is 3.44. The normalized spacial score (nSPS) is 30.3. The second-order valence-electron chi connectivity index (χ2n) is 7.78. The van der Waals surface area contributed by atoms with Gasteiger partial charge in [-0.3, -0.25) is 0 Å². The van der Waals surface area contributed by atoms with Crippen LogP contribution in [0.1, 0.15) is 40.0 Å². The summed E-state index contributed by atoms with van der Waals surface area (Å²) in [6.07, 6.45) is 3.45. The van der Waals surface area contributed by atoms with E-state index in [0.717, 1.165) is 29.5 Å². The predicted molar refractivity (Wildman–Crippen MR) is 89.4 cm³/mol. The SMILES string of the molecule is CC1(C)CC2CC(C)(CN2C(=O)Nc2cccc(Br)c2)C1. The highest BCUT2D eigenvalue weighted by atomic mass is 79.9. The number of nitrogens with zero attached hydrogens (tertiary/aromatic N) is 1. The lowest BCUT2D eigenvalue weighted by molar-refractivity contribution is 0.130. The number of carbonyl (C=O) groups is 1. The van der Waals surface area contributed by atoms with Crippen molar-refractivity contribution in [1.29, 1.82) is 0 Å². The van der Waals surface area contributed by atoms with Gasteiger partial charge in [0.25, 0.3) is 0 Å². The van der Waals surface area contributed by atoms with E-state index in [9.17, 15) is 4.79 Å². The number of urea groups is 1. The van der Waals surface area contributed by atoms with E-state index in [1.165, 1.54) is 6.42 Å². The minimum absolute atomic E-state index is 0.0412. The Labute approximate surface area is 135 Å². The summed E-state index contributed by atoms with van der Waals surface area (Å²) in [7, 11) is 0. The number of benzene rings is 1. The van der Waals surface area contributed by atoms with E-state index in [1.54, 1.807) is 0 Å². The van der Waals surface area contributed by atoms with E-state index < -0.39 is 0 Å². The number of hydrogen-bond acceptors (Lipinski definition) is 1. The summed E-state index contributed by atoms with van der Waals surface area (Å²) < 4.78 is 0.980. The molecule has 2 unspecified atom stereocenters. The Morgan fingerprint density at radius 1 is 1.33 bits per heavy atom.